The normalized spacial score (nSPS) is 42.4. The zero-order chi connectivity index (χ0) is 17.8. The molecule has 0 radical (unpaired) electrons. The molecule has 4 aliphatic carbocycles. The van der Waals surface area contributed by atoms with Crippen LogP contribution in [0.15, 0.2) is 35.5 Å². The SMILES string of the molecule is CC(C)=CC[C@]12C=CC(=O)C=C1CC[C@H]1[C@@H]3CCC(=O)[C@@]3(C)CC[C@@H]12. The lowest BCUT2D eigenvalue weighted by atomic mass is 9.47. The van der Waals surface area contributed by atoms with Crippen LogP contribution in [0.5, 0.6) is 0 Å². The molecular formula is C23H30O2. The summed E-state index contributed by atoms with van der Waals surface area (Å²) in [4.78, 5) is 24.6. The molecule has 5 atom stereocenters. The first-order chi connectivity index (χ1) is 11.9. The van der Waals surface area contributed by atoms with E-state index >= 15 is 0 Å². The van der Waals surface area contributed by atoms with E-state index in [0.29, 0.717) is 23.5 Å². The lowest BCUT2D eigenvalue weighted by Gasteiger charge is -2.56. The second-order valence-corrected chi connectivity index (χ2v) is 9.26. The summed E-state index contributed by atoms with van der Waals surface area (Å²) in [5, 5.41) is 0. The molecule has 4 rings (SSSR count). The van der Waals surface area contributed by atoms with Gasteiger partial charge in [0.1, 0.15) is 5.78 Å². The van der Waals surface area contributed by atoms with Gasteiger partial charge in [0, 0.05) is 17.3 Å². The Hall–Kier alpha value is -1.44. The van der Waals surface area contributed by atoms with Crippen molar-refractivity contribution in [3.63, 3.8) is 0 Å². The van der Waals surface area contributed by atoms with Crippen LogP contribution in [0.1, 0.15) is 65.7 Å². The molecule has 0 N–H and O–H groups in total. The van der Waals surface area contributed by atoms with Gasteiger partial charge in [-0.25, -0.2) is 0 Å². The molecule has 134 valence electrons. The Morgan fingerprint density at radius 2 is 1.96 bits per heavy atom. The number of allylic oxidation sites excluding steroid dienone is 6. The van der Waals surface area contributed by atoms with E-state index in [0.717, 1.165) is 44.9 Å². The van der Waals surface area contributed by atoms with Gasteiger partial charge in [-0.05, 0) is 82.3 Å². The molecule has 0 spiro atoms. The predicted molar refractivity (Wildman–Crippen MR) is 100.0 cm³/mol. The van der Waals surface area contributed by atoms with Gasteiger partial charge in [0.15, 0.2) is 5.78 Å². The maximum absolute atomic E-state index is 12.5. The van der Waals surface area contributed by atoms with E-state index in [1.54, 1.807) is 6.08 Å². The lowest BCUT2D eigenvalue weighted by Crippen LogP contribution is -2.50. The van der Waals surface area contributed by atoms with Gasteiger partial charge in [0.2, 0.25) is 0 Å². The third-order valence-electron chi connectivity index (χ3n) is 7.86. The van der Waals surface area contributed by atoms with Crippen molar-refractivity contribution in [3.8, 4) is 0 Å². The topological polar surface area (TPSA) is 34.1 Å². The van der Waals surface area contributed by atoms with Crippen molar-refractivity contribution in [1.29, 1.82) is 0 Å². The third kappa shape index (κ3) is 2.44. The van der Waals surface area contributed by atoms with Gasteiger partial charge in [-0.15, -0.1) is 0 Å². The largest absolute Gasteiger partial charge is 0.299 e. The highest BCUT2D eigenvalue weighted by Gasteiger charge is 2.59. The maximum atomic E-state index is 12.5. The molecule has 0 heterocycles. The number of carbonyl (C=O) groups excluding carboxylic acids is 2. The summed E-state index contributed by atoms with van der Waals surface area (Å²) in [7, 11) is 0. The standard InChI is InChI=1S/C23H30O2/c1-15(2)8-12-23-13-9-17(24)14-16(23)4-5-18-19-6-7-21(25)22(19,3)11-10-20(18)23/h8-9,13-14,18-20H,4-7,10-12H2,1-3H3/t18-,19-,20-,22-,23-/m0/s1. The molecule has 0 aromatic rings. The highest BCUT2D eigenvalue weighted by Crippen LogP contribution is 2.64. The molecular weight excluding hydrogens is 308 g/mol. The van der Waals surface area contributed by atoms with Crippen molar-refractivity contribution >= 4 is 11.6 Å². The van der Waals surface area contributed by atoms with Gasteiger partial charge in [-0.2, -0.15) is 0 Å². The van der Waals surface area contributed by atoms with Gasteiger partial charge in [-0.1, -0.05) is 30.2 Å². The molecule has 4 aliphatic rings. The minimum atomic E-state index is -0.0751. The van der Waals surface area contributed by atoms with Crippen molar-refractivity contribution in [2.45, 2.75) is 65.7 Å². The quantitative estimate of drug-likeness (QED) is 0.649. The van der Waals surface area contributed by atoms with E-state index in [1.165, 1.54) is 11.1 Å². The van der Waals surface area contributed by atoms with Crippen LogP contribution in [0.2, 0.25) is 0 Å². The number of hydrogen-bond donors (Lipinski definition) is 0. The average Bonchev–Trinajstić information content (AvgIpc) is 2.88. The Morgan fingerprint density at radius 1 is 1.16 bits per heavy atom. The van der Waals surface area contributed by atoms with Crippen LogP contribution in [0, 0.1) is 28.6 Å². The minimum Gasteiger partial charge on any atom is -0.299 e. The Balaban J connectivity index is 1.75. The molecule has 0 aromatic heterocycles. The average molecular weight is 338 g/mol. The van der Waals surface area contributed by atoms with E-state index in [9.17, 15) is 9.59 Å². The van der Waals surface area contributed by atoms with E-state index in [4.69, 9.17) is 0 Å². The number of carbonyl (C=O) groups is 2. The van der Waals surface area contributed by atoms with Crippen LogP contribution in [0.25, 0.3) is 0 Å². The third-order valence-corrected chi connectivity index (χ3v) is 7.86. The summed E-state index contributed by atoms with van der Waals surface area (Å²) >= 11 is 0. The van der Waals surface area contributed by atoms with Crippen LogP contribution in [0.4, 0.5) is 0 Å². The molecule has 3 fully saturated rings. The van der Waals surface area contributed by atoms with Crippen LogP contribution >= 0.6 is 0 Å². The predicted octanol–water partition coefficient (Wildman–Crippen LogP) is 5.20. The zero-order valence-electron chi connectivity index (χ0n) is 15.8. The van der Waals surface area contributed by atoms with E-state index in [1.807, 2.05) is 6.08 Å². The number of ketones is 2. The van der Waals surface area contributed by atoms with Crippen LogP contribution in [-0.2, 0) is 9.59 Å². The summed E-state index contributed by atoms with van der Waals surface area (Å²) in [5.74, 6) is 2.42. The minimum absolute atomic E-state index is 0.0149. The number of Topliss-reactive ketones (excluding diaryl/α,β-unsaturated/α-hetero) is 1. The fourth-order valence-corrected chi connectivity index (χ4v) is 6.51. The summed E-state index contributed by atoms with van der Waals surface area (Å²) in [5.41, 5.74) is 2.64. The Bertz CT molecular complexity index is 706. The van der Waals surface area contributed by atoms with E-state index in [-0.39, 0.29) is 16.6 Å². The van der Waals surface area contributed by atoms with Crippen molar-refractivity contribution in [3.05, 3.63) is 35.5 Å². The van der Waals surface area contributed by atoms with Crippen molar-refractivity contribution in [2.75, 3.05) is 0 Å². The monoisotopic (exact) mass is 338 g/mol. The van der Waals surface area contributed by atoms with Crippen molar-refractivity contribution < 1.29 is 9.59 Å². The molecule has 0 aliphatic heterocycles. The maximum Gasteiger partial charge on any atom is 0.178 e. The van der Waals surface area contributed by atoms with Gasteiger partial charge >= 0.3 is 0 Å². The first-order valence-corrected chi connectivity index (χ1v) is 9.98. The van der Waals surface area contributed by atoms with Gasteiger partial charge in [-0.3, -0.25) is 9.59 Å². The van der Waals surface area contributed by atoms with E-state index < -0.39 is 0 Å². The highest BCUT2D eigenvalue weighted by molar-refractivity contribution is 6.01. The fourth-order valence-electron chi connectivity index (χ4n) is 6.51. The molecule has 0 aromatic carbocycles. The summed E-state index contributed by atoms with van der Waals surface area (Å²) in [6.07, 6.45) is 15.5. The molecule has 2 nitrogen and oxygen atoms in total. The first-order valence-electron chi connectivity index (χ1n) is 9.98. The fraction of sp³-hybridized carbons (Fsp3) is 0.652. The molecule has 0 unspecified atom stereocenters. The smallest absolute Gasteiger partial charge is 0.178 e. The number of fused-ring (bicyclic) bond motifs is 5. The Labute approximate surface area is 151 Å². The number of rotatable bonds is 2. The molecule has 3 saturated carbocycles. The summed E-state index contributed by atoms with van der Waals surface area (Å²) in [6.45, 7) is 6.55. The van der Waals surface area contributed by atoms with Gasteiger partial charge in [0.25, 0.3) is 0 Å². The first kappa shape index (κ1) is 17.0. The second-order valence-electron chi connectivity index (χ2n) is 9.26. The molecule has 0 amide bonds. The van der Waals surface area contributed by atoms with Crippen LogP contribution in [0.3, 0.4) is 0 Å². The number of hydrogen-bond acceptors (Lipinski definition) is 2. The Kier molecular flexibility index (Phi) is 3.94. The molecule has 0 saturated heterocycles. The lowest BCUT2D eigenvalue weighted by molar-refractivity contribution is -0.131. The second kappa shape index (κ2) is 5.79. The van der Waals surface area contributed by atoms with E-state index in [2.05, 4.69) is 32.9 Å². The molecule has 0 bridgehead atoms. The Morgan fingerprint density at radius 3 is 2.72 bits per heavy atom. The van der Waals surface area contributed by atoms with Gasteiger partial charge in [0.05, 0.1) is 0 Å². The molecule has 25 heavy (non-hydrogen) atoms. The summed E-state index contributed by atoms with van der Waals surface area (Å²) < 4.78 is 0. The van der Waals surface area contributed by atoms with Crippen molar-refractivity contribution in [2.24, 2.45) is 28.6 Å². The summed E-state index contributed by atoms with van der Waals surface area (Å²) in [6, 6.07) is 0. The van der Waals surface area contributed by atoms with Gasteiger partial charge < -0.3 is 0 Å². The highest BCUT2D eigenvalue weighted by atomic mass is 16.1. The van der Waals surface area contributed by atoms with Crippen LogP contribution < -0.4 is 0 Å². The molecule has 2 heteroatoms. The zero-order valence-corrected chi connectivity index (χ0v) is 15.8. The van der Waals surface area contributed by atoms with Crippen LogP contribution in [-0.4, -0.2) is 11.6 Å². The van der Waals surface area contributed by atoms with Crippen molar-refractivity contribution in [1.82, 2.24) is 0 Å².